The van der Waals surface area contributed by atoms with E-state index in [2.05, 4.69) is 0 Å². The maximum atomic E-state index is 12.1. The van der Waals surface area contributed by atoms with E-state index in [1.54, 1.807) is 0 Å². The molecule has 1 rings (SSSR count). The molecule has 2 N–H and O–H groups in total. The summed E-state index contributed by atoms with van der Waals surface area (Å²) >= 11 is 10.7. The first-order valence-electron chi connectivity index (χ1n) is 3.80. The van der Waals surface area contributed by atoms with E-state index >= 15 is 0 Å². The summed E-state index contributed by atoms with van der Waals surface area (Å²) in [7, 11) is 0. The molecule has 0 radical (unpaired) electrons. The highest BCUT2D eigenvalue weighted by atomic mass is 35.5. The Bertz CT molecular complexity index is 399. The molecule has 1 nitrogen and oxygen atoms in total. The molecule has 0 aliphatic carbocycles. The van der Waals surface area contributed by atoms with Gasteiger partial charge in [0.15, 0.2) is 0 Å². The number of halogens is 5. The Morgan fingerprint density at radius 1 is 1.33 bits per heavy atom. The lowest BCUT2D eigenvalue weighted by atomic mass is 10.2. The summed E-state index contributed by atoms with van der Waals surface area (Å²) in [5, 5.41) is -1.02. The Morgan fingerprint density at radius 2 is 1.93 bits per heavy atom. The Morgan fingerprint density at radius 3 is 2.40 bits per heavy atom. The Kier molecular flexibility index (Phi) is 3.52. The van der Waals surface area contributed by atoms with Gasteiger partial charge in [-0.3, -0.25) is 0 Å². The summed E-state index contributed by atoms with van der Waals surface area (Å²) in [5.74, 6) is 0. The van der Waals surface area contributed by atoms with Crippen molar-refractivity contribution in [1.82, 2.24) is 0 Å². The van der Waals surface area contributed by atoms with Crippen LogP contribution in [0.15, 0.2) is 23.2 Å². The zero-order valence-electron chi connectivity index (χ0n) is 7.28. The van der Waals surface area contributed by atoms with Crippen LogP contribution < -0.4 is 5.73 Å². The van der Waals surface area contributed by atoms with Crippen molar-refractivity contribution < 1.29 is 13.2 Å². The number of nitrogen functional groups attached to an aromatic ring is 1. The molecule has 0 aliphatic heterocycles. The zero-order valence-corrected chi connectivity index (χ0v) is 8.79. The number of hydrogen-bond donors (Lipinski definition) is 1. The van der Waals surface area contributed by atoms with Gasteiger partial charge in [0.2, 0.25) is 0 Å². The summed E-state index contributed by atoms with van der Waals surface area (Å²) < 4.78 is 36.2. The molecule has 0 unspecified atom stereocenters. The Labute approximate surface area is 94.3 Å². The third-order valence-electron chi connectivity index (χ3n) is 1.59. The molecule has 0 bridgehead atoms. The quantitative estimate of drug-likeness (QED) is 0.753. The molecular formula is C9H6Cl2F3N. The van der Waals surface area contributed by atoms with Gasteiger partial charge in [0.05, 0.1) is 10.7 Å². The molecule has 0 atom stereocenters. The average Bonchev–Trinajstić information content (AvgIpc) is 2.10. The number of alkyl halides is 3. The van der Waals surface area contributed by atoms with Gasteiger partial charge in [0, 0.05) is 0 Å². The highest BCUT2D eigenvalue weighted by Gasteiger charge is 2.32. The molecule has 6 heteroatoms. The van der Waals surface area contributed by atoms with Gasteiger partial charge in [-0.15, -0.1) is 0 Å². The summed E-state index contributed by atoms with van der Waals surface area (Å²) in [4.78, 5) is 0. The molecule has 0 amide bonds. The van der Waals surface area contributed by atoms with Crippen LogP contribution in [0, 0.1) is 0 Å². The monoisotopic (exact) mass is 255 g/mol. The Hall–Kier alpha value is -0.870. The number of anilines is 1. The van der Waals surface area contributed by atoms with Crippen molar-refractivity contribution in [1.29, 1.82) is 0 Å². The van der Waals surface area contributed by atoms with E-state index < -0.39 is 11.2 Å². The zero-order chi connectivity index (χ0) is 11.6. The number of nitrogens with two attached hydrogens (primary N) is 1. The summed E-state index contributed by atoms with van der Waals surface area (Å²) in [6, 6.07) is 4.12. The topological polar surface area (TPSA) is 26.0 Å². The van der Waals surface area contributed by atoms with Crippen LogP contribution in [0.5, 0.6) is 0 Å². The van der Waals surface area contributed by atoms with Crippen molar-refractivity contribution in [2.24, 2.45) is 0 Å². The minimum Gasteiger partial charge on any atom is -0.398 e. The summed E-state index contributed by atoms with van der Waals surface area (Å²) in [5.41, 5.74) is 5.95. The average molecular weight is 256 g/mol. The van der Waals surface area contributed by atoms with Gasteiger partial charge in [0.25, 0.3) is 0 Å². The predicted octanol–water partition coefficient (Wildman–Crippen LogP) is 4.06. The van der Waals surface area contributed by atoms with Gasteiger partial charge in [-0.2, -0.15) is 13.2 Å². The first-order chi connectivity index (χ1) is 6.80. The molecule has 0 heterocycles. The van der Waals surface area contributed by atoms with E-state index in [1.165, 1.54) is 18.2 Å². The van der Waals surface area contributed by atoms with Gasteiger partial charge >= 0.3 is 6.18 Å². The van der Waals surface area contributed by atoms with Crippen molar-refractivity contribution in [2.75, 3.05) is 5.73 Å². The maximum absolute atomic E-state index is 12.1. The molecule has 1 aromatic rings. The van der Waals surface area contributed by atoms with E-state index in [9.17, 15) is 13.2 Å². The molecule has 0 aliphatic rings. The van der Waals surface area contributed by atoms with Crippen LogP contribution in [-0.2, 0) is 0 Å². The molecule has 0 saturated carbocycles. The normalized spacial score (nSPS) is 13.0. The standard InChI is InChI=1S/C9H6Cl2F3N/c10-6-3-5(1-2-7(6)15)4-8(11)9(12,13)14/h1-4H,15H2/b8-4-. The van der Waals surface area contributed by atoms with Gasteiger partial charge in [0.1, 0.15) is 5.03 Å². The van der Waals surface area contributed by atoms with E-state index in [4.69, 9.17) is 28.9 Å². The third-order valence-corrected chi connectivity index (χ3v) is 2.24. The third kappa shape index (κ3) is 3.32. The van der Waals surface area contributed by atoms with Gasteiger partial charge in [-0.25, -0.2) is 0 Å². The second-order valence-corrected chi connectivity index (χ2v) is 3.59. The SMILES string of the molecule is Nc1ccc(/C=C(\Cl)C(F)(F)F)cc1Cl. The first kappa shape index (κ1) is 12.2. The van der Waals surface area contributed by atoms with Crippen LogP contribution in [0.4, 0.5) is 18.9 Å². The lowest BCUT2D eigenvalue weighted by Crippen LogP contribution is -2.06. The van der Waals surface area contributed by atoms with Gasteiger partial charge < -0.3 is 5.73 Å². The second kappa shape index (κ2) is 4.33. The fourth-order valence-corrected chi connectivity index (χ4v) is 1.18. The molecule has 0 aromatic heterocycles. The number of hydrogen-bond acceptors (Lipinski definition) is 1. The van der Waals surface area contributed by atoms with E-state index in [0.717, 1.165) is 6.08 Å². The van der Waals surface area contributed by atoms with Crippen LogP contribution in [0.3, 0.4) is 0 Å². The molecule has 0 spiro atoms. The minimum absolute atomic E-state index is 0.190. The fraction of sp³-hybridized carbons (Fsp3) is 0.111. The Balaban J connectivity index is 3.04. The number of rotatable bonds is 1. The predicted molar refractivity (Wildman–Crippen MR) is 55.7 cm³/mol. The van der Waals surface area contributed by atoms with Crippen molar-refractivity contribution in [2.45, 2.75) is 6.18 Å². The molecule has 0 saturated heterocycles. The van der Waals surface area contributed by atoms with E-state index in [1.807, 2.05) is 0 Å². The fourth-order valence-electron chi connectivity index (χ4n) is 0.861. The molecular weight excluding hydrogens is 250 g/mol. The lowest BCUT2D eigenvalue weighted by molar-refractivity contribution is -0.0836. The van der Waals surface area contributed by atoms with Crippen molar-refractivity contribution in [3.63, 3.8) is 0 Å². The largest absolute Gasteiger partial charge is 0.426 e. The first-order valence-corrected chi connectivity index (χ1v) is 4.55. The molecule has 0 fully saturated rings. The van der Waals surface area contributed by atoms with Crippen LogP contribution in [0.2, 0.25) is 5.02 Å². The number of benzene rings is 1. The van der Waals surface area contributed by atoms with E-state index in [0.29, 0.717) is 5.69 Å². The van der Waals surface area contributed by atoms with E-state index in [-0.39, 0.29) is 10.6 Å². The van der Waals surface area contributed by atoms with Crippen LogP contribution in [0.25, 0.3) is 6.08 Å². The summed E-state index contributed by atoms with van der Waals surface area (Å²) in [6.07, 6.45) is -3.76. The molecule has 1 aromatic carbocycles. The summed E-state index contributed by atoms with van der Waals surface area (Å²) in [6.45, 7) is 0. The second-order valence-electron chi connectivity index (χ2n) is 2.77. The van der Waals surface area contributed by atoms with Gasteiger partial charge in [-0.05, 0) is 23.8 Å². The van der Waals surface area contributed by atoms with Crippen molar-refractivity contribution in [3.05, 3.63) is 33.8 Å². The maximum Gasteiger partial charge on any atom is 0.426 e. The highest BCUT2D eigenvalue weighted by molar-refractivity contribution is 6.33. The van der Waals surface area contributed by atoms with Crippen molar-refractivity contribution in [3.8, 4) is 0 Å². The van der Waals surface area contributed by atoms with Crippen molar-refractivity contribution >= 4 is 35.0 Å². The highest BCUT2D eigenvalue weighted by Crippen LogP contribution is 2.31. The van der Waals surface area contributed by atoms with Crippen LogP contribution >= 0.6 is 23.2 Å². The smallest absolute Gasteiger partial charge is 0.398 e. The van der Waals surface area contributed by atoms with Crippen LogP contribution in [-0.4, -0.2) is 6.18 Å². The molecule has 15 heavy (non-hydrogen) atoms. The van der Waals surface area contributed by atoms with Gasteiger partial charge in [-0.1, -0.05) is 29.3 Å². The minimum atomic E-state index is -4.55. The van der Waals surface area contributed by atoms with Crippen LogP contribution in [0.1, 0.15) is 5.56 Å². The lowest BCUT2D eigenvalue weighted by Gasteiger charge is -2.04. The molecule has 82 valence electrons. The number of allylic oxidation sites excluding steroid dienone is 1.